The molecule has 1 aliphatic heterocycles. The minimum absolute atomic E-state index is 0.100. The standard InChI is InChI=1S/C21H27N3O3/c1-2-17-6-9-19(10-7-17)27-15-12-22-20-16-18(8-11-21(20)24(25)26)23-13-4-3-5-14-23/h6-11,16,22H,2-5,12-15H2,1H3. The van der Waals surface area contributed by atoms with Gasteiger partial charge in [-0.05, 0) is 55.5 Å². The Hall–Kier alpha value is -2.76. The molecule has 1 saturated heterocycles. The number of anilines is 2. The van der Waals surface area contributed by atoms with E-state index in [1.54, 1.807) is 6.07 Å². The number of hydrogen-bond donors (Lipinski definition) is 1. The molecule has 6 nitrogen and oxygen atoms in total. The van der Waals surface area contributed by atoms with Crippen LogP contribution in [-0.4, -0.2) is 31.2 Å². The van der Waals surface area contributed by atoms with Crippen molar-refractivity contribution in [1.82, 2.24) is 0 Å². The van der Waals surface area contributed by atoms with E-state index in [9.17, 15) is 10.1 Å². The largest absolute Gasteiger partial charge is 0.492 e. The fourth-order valence-corrected chi connectivity index (χ4v) is 3.35. The number of nitro groups is 1. The fraction of sp³-hybridized carbons (Fsp3) is 0.429. The van der Waals surface area contributed by atoms with Crippen LogP contribution in [0.25, 0.3) is 0 Å². The van der Waals surface area contributed by atoms with Gasteiger partial charge in [-0.25, -0.2) is 0 Å². The van der Waals surface area contributed by atoms with E-state index in [1.165, 1.54) is 24.8 Å². The molecule has 1 aliphatic rings. The zero-order valence-corrected chi connectivity index (χ0v) is 15.8. The minimum Gasteiger partial charge on any atom is -0.492 e. The number of aryl methyl sites for hydroxylation is 1. The number of nitrogens with one attached hydrogen (secondary N) is 1. The highest BCUT2D eigenvalue weighted by Crippen LogP contribution is 2.30. The Morgan fingerprint density at radius 1 is 1.11 bits per heavy atom. The van der Waals surface area contributed by atoms with Crippen LogP contribution in [0, 0.1) is 10.1 Å². The SMILES string of the molecule is CCc1ccc(OCCNc2cc(N3CCCCC3)ccc2[N+](=O)[O-])cc1. The van der Waals surface area contributed by atoms with Crippen LogP contribution in [0.15, 0.2) is 42.5 Å². The summed E-state index contributed by atoms with van der Waals surface area (Å²) in [5.41, 5.74) is 2.96. The lowest BCUT2D eigenvalue weighted by atomic mass is 10.1. The normalized spacial score (nSPS) is 14.0. The first kappa shape index (κ1) is 19.0. The summed E-state index contributed by atoms with van der Waals surface area (Å²) < 4.78 is 5.73. The molecule has 1 N–H and O–H groups in total. The Labute approximate surface area is 160 Å². The van der Waals surface area contributed by atoms with E-state index < -0.39 is 0 Å². The molecule has 0 aromatic heterocycles. The molecular formula is C21H27N3O3. The van der Waals surface area contributed by atoms with Gasteiger partial charge in [-0.15, -0.1) is 0 Å². The van der Waals surface area contributed by atoms with Gasteiger partial charge in [0.15, 0.2) is 0 Å². The zero-order valence-electron chi connectivity index (χ0n) is 15.8. The number of ether oxygens (including phenoxy) is 1. The van der Waals surface area contributed by atoms with E-state index in [2.05, 4.69) is 29.3 Å². The third-order valence-electron chi connectivity index (χ3n) is 4.92. The van der Waals surface area contributed by atoms with Crippen molar-refractivity contribution in [3.8, 4) is 5.75 Å². The lowest BCUT2D eigenvalue weighted by Gasteiger charge is -2.29. The molecule has 0 radical (unpaired) electrons. The summed E-state index contributed by atoms with van der Waals surface area (Å²) >= 11 is 0. The first-order valence-electron chi connectivity index (χ1n) is 9.66. The van der Waals surface area contributed by atoms with Gasteiger partial charge in [-0.3, -0.25) is 10.1 Å². The lowest BCUT2D eigenvalue weighted by molar-refractivity contribution is -0.383. The van der Waals surface area contributed by atoms with Crippen molar-refractivity contribution < 1.29 is 9.66 Å². The average molecular weight is 369 g/mol. The Morgan fingerprint density at radius 2 is 1.85 bits per heavy atom. The van der Waals surface area contributed by atoms with Crippen LogP contribution >= 0.6 is 0 Å². The molecule has 6 heteroatoms. The predicted octanol–water partition coefficient (Wildman–Crippen LogP) is 4.64. The maximum Gasteiger partial charge on any atom is 0.292 e. The second-order valence-corrected chi connectivity index (χ2v) is 6.78. The highest BCUT2D eigenvalue weighted by molar-refractivity contribution is 5.69. The van der Waals surface area contributed by atoms with E-state index in [-0.39, 0.29) is 10.6 Å². The number of nitro benzene ring substituents is 1. The van der Waals surface area contributed by atoms with Crippen LogP contribution < -0.4 is 15.0 Å². The smallest absolute Gasteiger partial charge is 0.292 e. The van der Waals surface area contributed by atoms with Gasteiger partial charge in [0.1, 0.15) is 18.0 Å². The van der Waals surface area contributed by atoms with Gasteiger partial charge >= 0.3 is 0 Å². The van der Waals surface area contributed by atoms with E-state index >= 15 is 0 Å². The summed E-state index contributed by atoms with van der Waals surface area (Å²) in [5.74, 6) is 0.811. The second-order valence-electron chi connectivity index (χ2n) is 6.78. The molecular weight excluding hydrogens is 342 g/mol. The third-order valence-corrected chi connectivity index (χ3v) is 4.92. The van der Waals surface area contributed by atoms with E-state index in [4.69, 9.17) is 4.74 Å². The zero-order chi connectivity index (χ0) is 19.1. The molecule has 2 aromatic rings. The van der Waals surface area contributed by atoms with Crippen LogP contribution in [0.5, 0.6) is 5.75 Å². The third kappa shape index (κ3) is 5.12. The molecule has 0 bridgehead atoms. The Balaban J connectivity index is 1.60. The van der Waals surface area contributed by atoms with Gasteiger partial charge in [-0.1, -0.05) is 19.1 Å². The van der Waals surface area contributed by atoms with Crippen LogP contribution in [-0.2, 0) is 6.42 Å². The molecule has 3 rings (SSSR count). The van der Waals surface area contributed by atoms with Crippen molar-refractivity contribution >= 4 is 17.1 Å². The number of nitrogens with zero attached hydrogens (tertiary/aromatic N) is 2. The summed E-state index contributed by atoms with van der Waals surface area (Å²) in [5, 5.41) is 14.5. The molecule has 27 heavy (non-hydrogen) atoms. The molecule has 0 saturated carbocycles. The predicted molar refractivity (Wildman–Crippen MR) is 109 cm³/mol. The molecule has 0 amide bonds. The van der Waals surface area contributed by atoms with Gasteiger partial charge in [0, 0.05) is 31.4 Å². The number of rotatable bonds is 8. The van der Waals surface area contributed by atoms with Crippen molar-refractivity contribution in [3.05, 3.63) is 58.1 Å². The summed E-state index contributed by atoms with van der Waals surface area (Å²) in [7, 11) is 0. The molecule has 144 valence electrons. The first-order chi connectivity index (χ1) is 13.2. The maximum atomic E-state index is 11.3. The van der Waals surface area contributed by atoms with Gasteiger partial charge in [0.2, 0.25) is 0 Å². The fourth-order valence-electron chi connectivity index (χ4n) is 3.35. The van der Waals surface area contributed by atoms with Crippen LogP contribution in [0.1, 0.15) is 31.7 Å². The van der Waals surface area contributed by atoms with Crippen molar-refractivity contribution in [1.29, 1.82) is 0 Å². The molecule has 1 fully saturated rings. The number of piperidine rings is 1. The second kappa shape index (κ2) is 9.26. The average Bonchev–Trinajstić information content (AvgIpc) is 2.72. The molecule has 0 atom stereocenters. The topological polar surface area (TPSA) is 67.6 Å². The van der Waals surface area contributed by atoms with Crippen molar-refractivity contribution in [2.75, 3.05) is 36.5 Å². The Morgan fingerprint density at radius 3 is 2.52 bits per heavy atom. The molecule has 1 heterocycles. The Bertz CT molecular complexity index is 756. The molecule has 0 unspecified atom stereocenters. The van der Waals surface area contributed by atoms with E-state index in [1.807, 2.05) is 24.3 Å². The molecule has 0 aliphatic carbocycles. The van der Waals surface area contributed by atoms with Crippen LogP contribution in [0.4, 0.5) is 17.1 Å². The Kier molecular flexibility index (Phi) is 6.52. The number of benzene rings is 2. The van der Waals surface area contributed by atoms with Gasteiger partial charge in [0.05, 0.1) is 4.92 Å². The summed E-state index contributed by atoms with van der Waals surface area (Å²) in [6.45, 7) is 5.07. The molecule has 0 spiro atoms. The van der Waals surface area contributed by atoms with Gasteiger partial charge in [-0.2, -0.15) is 0 Å². The molecule has 2 aromatic carbocycles. The van der Waals surface area contributed by atoms with Crippen LogP contribution in [0.2, 0.25) is 0 Å². The monoisotopic (exact) mass is 369 g/mol. The van der Waals surface area contributed by atoms with Crippen molar-refractivity contribution in [3.63, 3.8) is 0 Å². The number of hydrogen-bond acceptors (Lipinski definition) is 5. The minimum atomic E-state index is -0.341. The summed E-state index contributed by atoms with van der Waals surface area (Å²) in [4.78, 5) is 13.3. The summed E-state index contributed by atoms with van der Waals surface area (Å²) in [6, 6.07) is 13.3. The van der Waals surface area contributed by atoms with E-state index in [0.717, 1.165) is 30.9 Å². The summed E-state index contributed by atoms with van der Waals surface area (Å²) in [6.07, 6.45) is 4.60. The highest BCUT2D eigenvalue weighted by Gasteiger charge is 2.17. The van der Waals surface area contributed by atoms with Crippen molar-refractivity contribution in [2.45, 2.75) is 32.6 Å². The van der Waals surface area contributed by atoms with Crippen molar-refractivity contribution in [2.24, 2.45) is 0 Å². The maximum absolute atomic E-state index is 11.3. The quantitative estimate of drug-likeness (QED) is 0.417. The first-order valence-corrected chi connectivity index (χ1v) is 9.66. The highest BCUT2D eigenvalue weighted by atomic mass is 16.6. The van der Waals surface area contributed by atoms with Gasteiger partial charge in [0.25, 0.3) is 5.69 Å². The van der Waals surface area contributed by atoms with Gasteiger partial charge < -0.3 is 15.0 Å². The van der Waals surface area contributed by atoms with Crippen LogP contribution in [0.3, 0.4) is 0 Å². The lowest BCUT2D eigenvalue weighted by Crippen LogP contribution is -2.29. The van der Waals surface area contributed by atoms with E-state index in [0.29, 0.717) is 18.8 Å².